The standard InChI is InChI=1S/C14H14FNOS/c1-10-9-12(15)5-4-11(10)6-7-16-14(17)13-3-2-8-18-13/h2-5,8-9H,6-7H2,1H3,(H,16,17). The average Bonchev–Trinajstić information content (AvgIpc) is 2.85. The minimum absolute atomic E-state index is 0.0511. The molecule has 1 N–H and O–H groups in total. The van der Waals surface area contributed by atoms with Gasteiger partial charge in [0.05, 0.1) is 4.88 Å². The van der Waals surface area contributed by atoms with Gasteiger partial charge in [0, 0.05) is 6.54 Å². The van der Waals surface area contributed by atoms with Crippen molar-refractivity contribution in [2.75, 3.05) is 6.54 Å². The van der Waals surface area contributed by atoms with Crippen LogP contribution in [0.25, 0.3) is 0 Å². The highest BCUT2D eigenvalue weighted by Gasteiger charge is 2.06. The highest BCUT2D eigenvalue weighted by Crippen LogP contribution is 2.11. The van der Waals surface area contributed by atoms with Gasteiger partial charge < -0.3 is 5.32 Å². The van der Waals surface area contributed by atoms with E-state index < -0.39 is 0 Å². The summed E-state index contributed by atoms with van der Waals surface area (Å²) in [6.07, 6.45) is 0.712. The Morgan fingerprint density at radius 2 is 2.22 bits per heavy atom. The Hall–Kier alpha value is -1.68. The molecule has 0 radical (unpaired) electrons. The summed E-state index contributed by atoms with van der Waals surface area (Å²) >= 11 is 1.42. The molecule has 0 unspecified atom stereocenters. The molecule has 0 aliphatic heterocycles. The quantitative estimate of drug-likeness (QED) is 0.902. The van der Waals surface area contributed by atoms with E-state index in [9.17, 15) is 9.18 Å². The first-order valence-corrected chi connectivity index (χ1v) is 6.61. The third-order valence-electron chi connectivity index (χ3n) is 2.73. The van der Waals surface area contributed by atoms with E-state index in [1.807, 2.05) is 18.4 Å². The average molecular weight is 263 g/mol. The van der Waals surface area contributed by atoms with Crippen LogP contribution in [-0.4, -0.2) is 12.5 Å². The zero-order valence-electron chi connectivity index (χ0n) is 10.1. The van der Waals surface area contributed by atoms with Gasteiger partial charge in [-0.05, 0) is 48.1 Å². The first kappa shape index (κ1) is 12.8. The van der Waals surface area contributed by atoms with Crippen LogP contribution in [0.1, 0.15) is 20.8 Å². The smallest absolute Gasteiger partial charge is 0.261 e. The molecule has 1 aromatic heterocycles. The molecule has 2 nitrogen and oxygen atoms in total. The van der Waals surface area contributed by atoms with Crippen molar-refractivity contribution < 1.29 is 9.18 Å². The van der Waals surface area contributed by atoms with E-state index in [4.69, 9.17) is 0 Å². The molecule has 4 heteroatoms. The number of halogens is 1. The number of rotatable bonds is 4. The molecule has 0 spiro atoms. The number of benzene rings is 1. The van der Waals surface area contributed by atoms with Crippen molar-refractivity contribution in [1.82, 2.24) is 5.32 Å². The lowest BCUT2D eigenvalue weighted by molar-refractivity contribution is 0.0958. The number of thiophene rings is 1. The van der Waals surface area contributed by atoms with Crippen LogP contribution in [0, 0.1) is 12.7 Å². The second kappa shape index (κ2) is 5.78. The molecule has 0 atom stereocenters. The zero-order chi connectivity index (χ0) is 13.0. The number of aryl methyl sites for hydroxylation is 1. The van der Waals surface area contributed by atoms with Crippen LogP contribution in [0.2, 0.25) is 0 Å². The first-order chi connectivity index (χ1) is 8.66. The summed E-state index contributed by atoms with van der Waals surface area (Å²) in [6.45, 7) is 2.43. The van der Waals surface area contributed by atoms with Gasteiger partial charge >= 0.3 is 0 Å². The number of amides is 1. The summed E-state index contributed by atoms with van der Waals surface area (Å²) < 4.78 is 12.9. The van der Waals surface area contributed by atoms with E-state index in [1.54, 1.807) is 12.1 Å². The van der Waals surface area contributed by atoms with E-state index in [2.05, 4.69) is 5.32 Å². The third-order valence-corrected chi connectivity index (χ3v) is 3.60. The van der Waals surface area contributed by atoms with Gasteiger partial charge in [-0.25, -0.2) is 4.39 Å². The number of carbonyl (C=O) groups is 1. The number of hydrogen-bond donors (Lipinski definition) is 1. The van der Waals surface area contributed by atoms with Crippen molar-refractivity contribution in [1.29, 1.82) is 0 Å². The van der Waals surface area contributed by atoms with Gasteiger partial charge in [0.1, 0.15) is 5.82 Å². The Kier molecular flexibility index (Phi) is 4.10. The highest BCUT2D eigenvalue weighted by molar-refractivity contribution is 7.12. The van der Waals surface area contributed by atoms with Gasteiger partial charge in [0.25, 0.3) is 5.91 Å². The van der Waals surface area contributed by atoms with Crippen LogP contribution in [0.5, 0.6) is 0 Å². The molecular weight excluding hydrogens is 249 g/mol. The molecule has 1 amide bonds. The summed E-state index contributed by atoms with van der Waals surface area (Å²) in [5.41, 5.74) is 1.98. The van der Waals surface area contributed by atoms with Crippen LogP contribution < -0.4 is 5.32 Å². The first-order valence-electron chi connectivity index (χ1n) is 5.73. The lowest BCUT2D eigenvalue weighted by Crippen LogP contribution is -2.25. The zero-order valence-corrected chi connectivity index (χ0v) is 10.9. The maximum absolute atomic E-state index is 12.9. The Balaban J connectivity index is 1.87. The van der Waals surface area contributed by atoms with Gasteiger partial charge in [-0.3, -0.25) is 4.79 Å². The van der Waals surface area contributed by atoms with Crippen LogP contribution in [0.15, 0.2) is 35.7 Å². The molecule has 0 saturated heterocycles. The molecule has 0 bridgehead atoms. The monoisotopic (exact) mass is 263 g/mol. The van der Waals surface area contributed by atoms with Crippen molar-refractivity contribution in [2.45, 2.75) is 13.3 Å². The van der Waals surface area contributed by atoms with Gasteiger partial charge in [0.15, 0.2) is 0 Å². The van der Waals surface area contributed by atoms with Gasteiger partial charge in [-0.15, -0.1) is 11.3 Å². The fourth-order valence-electron chi connectivity index (χ4n) is 1.75. The number of nitrogens with one attached hydrogen (secondary N) is 1. The molecule has 0 aliphatic carbocycles. The van der Waals surface area contributed by atoms with E-state index >= 15 is 0 Å². The normalized spacial score (nSPS) is 10.3. The largest absolute Gasteiger partial charge is 0.351 e. The van der Waals surface area contributed by atoms with E-state index in [1.165, 1.54) is 23.5 Å². The lowest BCUT2D eigenvalue weighted by atomic mass is 10.1. The maximum Gasteiger partial charge on any atom is 0.261 e. The second-order valence-electron chi connectivity index (χ2n) is 4.05. The summed E-state index contributed by atoms with van der Waals surface area (Å²) in [7, 11) is 0. The summed E-state index contributed by atoms with van der Waals surface area (Å²) in [5.74, 6) is -0.274. The molecule has 1 aromatic carbocycles. The Morgan fingerprint density at radius 3 is 2.89 bits per heavy atom. The SMILES string of the molecule is Cc1cc(F)ccc1CCNC(=O)c1cccs1. The minimum atomic E-state index is -0.223. The van der Waals surface area contributed by atoms with Gasteiger partial charge in [-0.1, -0.05) is 12.1 Å². The van der Waals surface area contributed by atoms with Gasteiger partial charge in [0.2, 0.25) is 0 Å². The molecular formula is C14H14FNOS. The molecule has 2 aromatic rings. The molecule has 94 valence electrons. The molecule has 0 fully saturated rings. The number of carbonyl (C=O) groups excluding carboxylic acids is 1. The Labute approximate surface area is 109 Å². The van der Waals surface area contributed by atoms with Crippen LogP contribution in [0.3, 0.4) is 0 Å². The molecule has 1 heterocycles. The maximum atomic E-state index is 12.9. The summed E-state index contributed by atoms with van der Waals surface area (Å²) in [6, 6.07) is 8.37. The molecule has 0 saturated carbocycles. The van der Waals surface area contributed by atoms with Crippen molar-refractivity contribution >= 4 is 17.2 Å². The van der Waals surface area contributed by atoms with Crippen molar-refractivity contribution in [3.05, 3.63) is 57.5 Å². The van der Waals surface area contributed by atoms with E-state index in [0.29, 0.717) is 17.8 Å². The predicted octanol–water partition coefficient (Wildman–Crippen LogP) is 3.17. The van der Waals surface area contributed by atoms with E-state index in [0.717, 1.165) is 11.1 Å². The van der Waals surface area contributed by atoms with Crippen molar-refractivity contribution in [3.8, 4) is 0 Å². The van der Waals surface area contributed by atoms with Crippen LogP contribution in [-0.2, 0) is 6.42 Å². The predicted molar refractivity (Wildman–Crippen MR) is 71.5 cm³/mol. The molecule has 0 aliphatic rings. The topological polar surface area (TPSA) is 29.1 Å². The fourth-order valence-corrected chi connectivity index (χ4v) is 2.39. The van der Waals surface area contributed by atoms with Crippen LogP contribution in [0.4, 0.5) is 4.39 Å². The molecule has 18 heavy (non-hydrogen) atoms. The molecule has 2 rings (SSSR count). The van der Waals surface area contributed by atoms with Gasteiger partial charge in [-0.2, -0.15) is 0 Å². The van der Waals surface area contributed by atoms with E-state index in [-0.39, 0.29) is 11.7 Å². The Bertz CT molecular complexity index is 537. The van der Waals surface area contributed by atoms with Crippen LogP contribution >= 0.6 is 11.3 Å². The highest BCUT2D eigenvalue weighted by atomic mass is 32.1. The minimum Gasteiger partial charge on any atom is -0.351 e. The van der Waals surface area contributed by atoms with Crippen molar-refractivity contribution in [2.24, 2.45) is 0 Å². The second-order valence-corrected chi connectivity index (χ2v) is 5.00. The lowest BCUT2D eigenvalue weighted by Gasteiger charge is -2.07. The Morgan fingerprint density at radius 1 is 1.39 bits per heavy atom. The number of hydrogen-bond acceptors (Lipinski definition) is 2. The summed E-state index contributed by atoms with van der Waals surface area (Å²) in [5, 5.41) is 4.73. The third kappa shape index (κ3) is 3.17. The van der Waals surface area contributed by atoms with Crippen molar-refractivity contribution in [3.63, 3.8) is 0 Å². The summed E-state index contributed by atoms with van der Waals surface area (Å²) in [4.78, 5) is 12.4. The fraction of sp³-hybridized carbons (Fsp3) is 0.214.